The molecule has 1 aromatic rings. The standard InChI is InChI=1S/C19H21FO7/c1-10-6-7-13(20)17(23)18(24)14(21)5-3-4-11-8-12(26-2)9-15(22)16(11)19(25)27-10/h3-4,7-10,14,18,21-22,24H,5-6H2,1-2H3/b4-3+,13-7?/t10-,14-,18-/m0/s1. The monoisotopic (exact) mass is 380 g/mol. The number of Topliss-reactive ketones (excluding diaryl/α,β-unsaturated/α-hetero) is 1. The first kappa shape index (κ1) is 20.6. The van der Waals surface area contributed by atoms with E-state index in [-0.39, 0.29) is 29.7 Å². The number of cyclic esters (lactones) is 1. The Morgan fingerprint density at radius 3 is 2.59 bits per heavy atom. The van der Waals surface area contributed by atoms with Gasteiger partial charge in [0, 0.05) is 12.5 Å². The van der Waals surface area contributed by atoms with Gasteiger partial charge in [-0.25, -0.2) is 9.18 Å². The first-order chi connectivity index (χ1) is 12.7. The fourth-order valence-corrected chi connectivity index (χ4v) is 2.53. The summed E-state index contributed by atoms with van der Waals surface area (Å²) in [5.41, 5.74) is 0.141. The van der Waals surface area contributed by atoms with Crippen molar-refractivity contribution in [2.45, 2.75) is 38.1 Å². The van der Waals surface area contributed by atoms with Gasteiger partial charge in [0.05, 0.1) is 13.2 Å². The van der Waals surface area contributed by atoms with E-state index in [1.54, 1.807) is 0 Å². The first-order valence-corrected chi connectivity index (χ1v) is 8.29. The molecule has 0 saturated carbocycles. The number of fused-ring (bicyclic) bond motifs is 1. The third-order valence-corrected chi connectivity index (χ3v) is 4.04. The van der Waals surface area contributed by atoms with E-state index in [4.69, 9.17) is 9.47 Å². The summed E-state index contributed by atoms with van der Waals surface area (Å²) in [4.78, 5) is 24.2. The quantitative estimate of drug-likeness (QED) is 0.638. The molecule has 1 aliphatic heterocycles. The fourth-order valence-electron chi connectivity index (χ4n) is 2.53. The Morgan fingerprint density at radius 2 is 1.93 bits per heavy atom. The molecule has 0 bridgehead atoms. The molecule has 1 heterocycles. The number of ketones is 1. The van der Waals surface area contributed by atoms with Crippen LogP contribution in [0.3, 0.4) is 0 Å². The number of aliphatic hydroxyl groups is 2. The summed E-state index contributed by atoms with van der Waals surface area (Å²) in [5.74, 6) is -3.38. The van der Waals surface area contributed by atoms with E-state index < -0.39 is 35.9 Å². The molecule has 146 valence electrons. The predicted octanol–water partition coefficient (Wildman–Crippen LogP) is 1.90. The summed E-state index contributed by atoms with van der Waals surface area (Å²) in [6, 6.07) is 2.73. The van der Waals surface area contributed by atoms with Crippen molar-refractivity contribution in [2.24, 2.45) is 0 Å². The van der Waals surface area contributed by atoms with Crippen LogP contribution in [0, 0.1) is 0 Å². The maximum atomic E-state index is 13.9. The zero-order valence-electron chi connectivity index (χ0n) is 14.9. The third kappa shape index (κ3) is 4.93. The lowest BCUT2D eigenvalue weighted by molar-refractivity contribution is -0.130. The van der Waals surface area contributed by atoms with Crippen molar-refractivity contribution in [3.63, 3.8) is 0 Å². The Kier molecular flexibility index (Phi) is 6.70. The van der Waals surface area contributed by atoms with Crippen molar-refractivity contribution in [3.8, 4) is 11.5 Å². The van der Waals surface area contributed by atoms with Crippen molar-refractivity contribution in [1.29, 1.82) is 0 Å². The molecule has 1 aliphatic rings. The highest BCUT2D eigenvalue weighted by Gasteiger charge is 2.27. The number of methoxy groups -OCH3 is 1. The lowest BCUT2D eigenvalue weighted by atomic mass is 10.0. The maximum Gasteiger partial charge on any atom is 0.342 e. The summed E-state index contributed by atoms with van der Waals surface area (Å²) in [6.07, 6.45) is -0.929. The molecule has 0 spiro atoms. The zero-order valence-corrected chi connectivity index (χ0v) is 14.9. The van der Waals surface area contributed by atoms with Gasteiger partial charge in [0.1, 0.15) is 29.3 Å². The van der Waals surface area contributed by atoms with Gasteiger partial charge in [-0.2, -0.15) is 0 Å². The number of aliphatic hydroxyl groups excluding tert-OH is 2. The second kappa shape index (κ2) is 8.79. The number of benzene rings is 1. The molecule has 27 heavy (non-hydrogen) atoms. The molecule has 0 aromatic heterocycles. The van der Waals surface area contributed by atoms with Crippen LogP contribution in [-0.2, 0) is 9.53 Å². The van der Waals surface area contributed by atoms with Crippen LogP contribution in [0.2, 0.25) is 0 Å². The highest BCUT2D eigenvalue weighted by Crippen LogP contribution is 2.30. The molecule has 2 rings (SSSR count). The van der Waals surface area contributed by atoms with Gasteiger partial charge in [-0.05, 0) is 31.1 Å². The van der Waals surface area contributed by atoms with Crippen LogP contribution in [0.4, 0.5) is 4.39 Å². The number of carbonyl (C=O) groups excluding carboxylic acids is 2. The van der Waals surface area contributed by atoms with Crippen LogP contribution in [0.25, 0.3) is 6.08 Å². The molecule has 3 atom stereocenters. The lowest BCUT2D eigenvalue weighted by Crippen LogP contribution is -2.34. The Hall–Kier alpha value is -2.71. The molecule has 0 aliphatic carbocycles. The topological polar surface area (TPSA) is 113 Å². The number of ether oxygens (including phenoxy) is 2. The average Bonchev–Trinajstić information content (AvgIpc) is 2.63. The van der Waals surface area contributed by atoms with Crippen LogP contribution in [0.5, 0.6) is 11.5 Å². The number of aromatic hydroxyl groups is 1. The van der Waals surface area contributed by atoms with Gasteiger partial charge >= 0.3 is 5.97 Å². The Balaban J connectivity index is 2.48. The number of esters is 1. The summed E-state index contributed by atoms with van der Waals surface area (Å²) in [7, 11) is 1.39. The van der Waals surface area contributed by atoms with Crippen LogP contribution in [0.1, 0.15) is 35.7 Å². The Labute approximate surface area is 155 Å². The highest BCUT2D eigenvalue weighted by atomic mass is 19.1. The number of hydrogen-bond acceptors (Lipinski definition) is 7. The van der Waals surface area contributed by atoms with E-state index in [9.17, 15) is 29.3 Å². The van der Waals surface area contributed by atoms with Gasteiger partial charge in [0.2, 0.25) is 5.78 Å². The van der Waals surface area contributed by atoms with Gasteiger partial charge in [-0.15, -0.1) is 0 Å². The van der Waals surface area contributed by atoms with Gasteiger partial charge < -0.3 is 24.8 Å². The molecular weight excluding hydrogens is 359 g/mol. The number of rotatable bonds is 1. The minimum absolute atomic E-state index is 0.119. The van der Waals surface area contributed by atoms with E-state index in [2.05, 4.69) is 0 Å². The summed E-state index contributed by atoms with van der Waals surface area (Å²) in [6.45, 7) is 1.49. The minimum Gasteiger partial charge on any atom is -0.507 e. The molecule has 0 radical (unpaired) electrons. The summed E-state index contributed by atoms with van der Waals surface area (Å²) < 4.78 is 24.1. The second-order valence-corrected chi connectivity index (χ2v) is 6.13. The maximum absolute atomic E-state index is 13.9. The largest absolute Gasteiger partial charge is 0.507 e. The third-order valence-electron chi connectivity index (χ3n) is 4.04. The molecule has 7 nitrogen and oxygen atoms in total. The molecular formula is C19H21FO7. The van der Waals surface area contributed by atoms with Crippen LogP contribution >= 0.6 is 0 Å². The summed E-state index contributed by atoms with van der Waals surface area (Å²) >= 11 is 0. The number of carbonyl (C=O) groups is 2. The number of phenolic OH excluding ortho intramolecular Hbond substituents is 1. The number of phenols is 1. The lowest BCUT2D eigenvalue weighted by Gasteiger charge is -2.17. The van der Waals surface area contributed by atoms with Crippen molar-refractivity contribution in [1.82, 2.24) is 0 Å². The molecule has 0 amide bonds. The first-order valence-electron chi connectivity index (χ1n) is 8.29. The van der Waals surface area contributed by atoms with Gasteiger partial charge in [0.25, 0.3) is 0 Å². The number of hydrogen-bond donors (Lipinski definition) is 3. The van der Waals surface area contributed by atoms with E-state index in [0.717, 1.165) is 6.08 Å². The predicted molar refractivity (Wildman–Crippen MR) is 94.0 cm³/mol. The van der Waals surface area contributed by atoms with E-state index in [0.29, 0.717) is 5.75 Å². The SMILES string of the molecule is COc1cc(O)c2c(c1)/C=C/C[C@H](O)[C@H](O)C(=O)C(F)=CC[C@H](C)OC2=O. The molecule has 3 N–H and O–H groups in total. The van der Waals surface area contributed by atoms with Crippen molar-refractivity contribution < 1.29 is 38.8 Å². The smallest absolute Gasteiger partial charge is 0.342 e. The second-order valence-electron chi connectivity index (χ2n) is 6.13. The van der Waals surface area contributed by atoms with Crippen LogP contribution in [0.15, 0.2) is 30.1 Å². The highest BCUT2D eigenvalue weighted by molar-refractivity contribution is 5.98. The normalized spacial score (nSPS) is 25.7. The Bertz CT molecular complexity index is 785. The molecule has 8 heteroatoms. The van der Waals surface area contributed by atoms with Crippen molar-refractivity contribution >= 4 is 17.8 Å². The number of halogens is 1. The molecule has 1 aromatic carbocycles. The van der Waals surface area contributed by atoms with Crippen LogP contribution in [-0.4, -0.2) is 52.5 Å². The van der Waals surface area contributed by atoms with E-state index in [1.165, 1.54) is 38.3 Å². The van der Waals surface area contributed by atoms with Gasteiger partial charge in [0.15, 0.2) is 5.83 Å². The van der Waals surface area contributed by atoms with Gasteiger partial charge in [-0.3, -0.25) is 4.79 Å². The molecule has 0 fully saturated rings. The zero-order chi connectivity index (χ0) is 20.1. The van der Waals surface area contributed by atoms with Gasteiger partial charge in [-0.1, -0.05) is 12.2 Å². The fraction of sp³-hybridized carbons (Fsp3) is 0.368. The van der Waals surface area contributed by atoms with Crippen molar-refractivity contribution in [3.05, 3.63) is 41.2 Å². The minimum atomic E-state index is -1.93. The molecule has 0 saturated heterocycles. The van der Waals surface area contributed by atoms with E-state index >= 15 is 0 Å². The summed E-state index contributed by atoms with van der Waals surface area (Å²) in [5, 5.41) is 29.9. The van der Waals surface area contributed by atoms with Crippen molar-refractivity contribution in [2.75, 3.05) is 7.11 Å². The van der Waals surface area contributed by atoms with Crippen LogP contribution < -0.4 is 4.74 Å². The van der Waals surface area contributed by atoms with E-state index in [1.807, 2.05) is 0 Å². The molecule has 0 unspecified atom stereocenters. The average molecular weight is 380 g/mol. The Morgan fingerprint density at radius 1 is 1.22 bits per heavy atom.